The van der Waals surface area contributed by atoms with Crippen molar-refractivity contribution >= 4 is 23.3 Å². The van der Waals surface area contributed by atoms with Gasteiger partial charge in [0.05, 0.1) is 12.7 Å². The Hall–Kier alpha value is -1.62. The zero-order valence-corrected chi connectivity index (χ0v) is 10.8. The first-order valence-corrected chi connectivity index (χ1v) is 5.77. The summed E-state index contributed by atoms with van der Waals surface area (Å²) in [6.45, 7) is 3.42. The molecular formula is C12H16N2O2S. The first-order chi connectivity index (χ1) is 8.17. The van der Waals surface area contributed by atoms with E-state index in [2.05, 4.69) is 15.4 Å². The van der Waals surface area contributed by atoms with E-state index in [1.54, 1.807) is 12.1 Å². The van der Waals surface area contributed by atoms with E-state index in [0.29, 0.717) is 17.2 Å². The van der Waals surface area contributed by atoms with Crippen LogP contribution >= 0.6 is 12.2 Å². The summed E-state index contributed by atoms with van der Waals surface area (Å²) in [6.07, 6.45) is 0. The van der Waals surface area contributed by atoms with Crippen molar-refractivity contribution in [1.29, 1.82) is 0 Å². The van der Waals surface area contributed by atoms with Crippen LogP contribution < -0.4 is 10.6 Å². The van der Waals surface area contributed by atoms with Crippen molar-refractivity contribution < 1.29 is 9.53 Å². The van der Waals surface area contributed by atoms with E-state index < -0.39 is 0 Å². The van der Waals surface area contributed by atoms with Crippen LogP contribution in [-0.4, -0.2) is 24.7 Å². The van der Waals surface area contributed by atoms with Gasteiger partial charge in [-0.3, -0.25) is 0 Å². The molecule has 2 N–H and O–H groups in total. The third-order valence-electron chi connectivity index (χ3n) is 2.17. The predicted octanol–water partition coefficient (Wildman–Crippen LogP) is 1.46. The van der Waals surface area contributed by atoms with E-state index in [4.69, 9.17) is 12.2 Å². The summed E-state index contributed by atoms with van der Waals surface area (Å²) in [5, 5.41) is 6.70. The van der Waals surface area contributed by atoms with Crippen LogP contribution in [0.15, 0.2) is 24.3 Å². The molecule has 92 valence electrons. The Labute approximate surface area is 106 Å². The van der Waals surface area contributed by atoms with E-state index in [0.717, 1.165) is 12.1 Å². The SMILES string of the molecule is CCNC(=S)NCc1ccc(C(=O)OC)cc1. The number of methoxy groups -OCH3 is 1. The maximum absolute atomic E-state index is 11.2. The van der Waals surface area contributed by atoms with Gasteiger partial charge in [0, 0.05) is 13.1 Å². The van der Waals surface area contributed by atoms with Gasteiger partial charge in [0.1, 0.15) is 0 Å². The van der Waals surface area contributed by atoms with E-state index in [1.807, 2.05) is 19.1 Å². The summed E-state index contributed by atoms with van der Waals surface area (Å²) in [5.41, 5.74) is 1.60. The smallest absolute Gasteiger partial charge is 0.337 e. The predicted molar refractivity (Wildman–Crippen MR) is 70.9 cm³/mol. The Bertz CT molecular complexity index is 390. The molecule has 17 heavy (non-hydrogen) atoms. The Morgan fingerprint density at radius 3 is 2.47 bits per heavy atom. The summed E-state index contributed by atoms with van der Waals surface area (Å²) in [7, 11) is 1.37. The van der Waals surface area contributed by atoms with Crippen LogP contribution in [0.25, 0.3) is 0 Å². The van der Waals surface area contributed by atoms with Crippen LogP contribution in [0.2, 0.25) is 0 Å². The monoisotopic (exact) mass is 252 g/mol. The standard InChI is InChI=1S/C12H16N2O2S/c1-3-13-12(17)14-8-9-4-6-10(7-5-9)11(15)16-2/h4-7H,3,8H2,1-2H3,(H2,13,14,17). The Kier molecular flexibility index (Phi) is 5.42. The Balaban J connectivity index is 2.51. The van der Waals surface area contributed by atoms with E-state index in [1.165, 1.54) is 7.11 Å². The molecule has 1 aromatic rings. The molecule has 0 radical (unpaired) electrons. The van der Waals surface area contributed by atoms with Crippen molar-refractivity contribution in [3.63, 3.8) is 0 Å². The van der Waals surface area contributed by atoms with Gasteiger partial charge < -0.3 is 15.4 Å². The van der Waals surface area contributed by atoms with Gasteiger partial charge in [0.2, 0.25) is 0 Å². The molecule has 4 nitrogen and oxygen atoms in total. The molecule has 5 heteroatoms. The molecule has 0 aliphatic rings. The Morgan fingerprint density at radius 2 is 1.94 bits per heavy atom. The van der Waals surface area contributed by atoms with Crippen LogP contribution in [0.5, 0.6) is 0 Å². The summed E-state index contributed by atoms with van der Waals surface area (Å²) in [6, 6.07) is 7.21. The minimum absolute atomic E-state index is 0.326. The molecule has 0 amide bonds. The van der Waals surface area contributed by atoms with Gasteiger partial charge in [-0.05, 0) is 36.8 Å². The molecule has 1 rings (SSSR count). The second kappa shape index (κ2) is 6.85. The topological polar surface area (TPSA) is 50.4 Å². The highest BCUT2D eigenvalue weighted by molar-refractivity contribution is 7.80. The first-order valence-electron chi connectivity index (χ1n) is 5.36. The average Bonchev–Trinajstić information content (AvgIpc) is 2.36. The average molecular weight is 252 g/mol. The molecule has 0 aromatic heterocycles. The van der Waals surface area contributed by atoms with Crippen LogP contribution in [0.1, 0.15) is 22.8 Å². The second-order valence-corrected chi connectivity index (χ2v) is 3.81. The molecule has 0 unspecified atom stereocenters. The lowest BCUT2D eigenvalue weighted by Crippen LogP contribution is -2.34. The fourth-order valence-corrected chi connectivity index (χ4v) is 1.50. The van der Waals surface area contributed by atoms with Gasteiger partial charge in [-0.15, -0.1) is 0 Å². The van der Waals surface area contributed by atoms with Crippen LogP contribution in [-0.2, 0) is 11.3 Å². The number of ether oxygens (including phenoxy) is 1. The highest BCUT2D eigenvalue weighted by Crippen LogP contribution is 2.05. The molecule has 0 aliphatic heterocycles. The number of hydrogen-bond donors (Lipinski definition) is 2. The van der Waals surface area contributed by atoms with Crippen molar-refractivity contribution in [1.82, 2.24) is 10.6 Å². The molecule has 0 saturated carbocycles. The summed E-state index contributed by atoms with van der Waals surface area (Å²) in [5.74, 6) is -0.326. The number of hydrogen-bond acceptors (Lipinski definition) is 3. The molecule has 0 atom stereocenters. The molecule has 0 spiro atoms. The van der Waals surface area contributed by atoms with Gasteiger partial charge in [-0.1, -0.05) is 12.1 Å². The van der Waals surface area contributed by atoms with Crippen molar-refractivity contribution in [3.8, 4) is 0 Å². The molecule has 0 heterocycles. The molecule has 0 fully saturated rings. The third kappa shape index (κ3) is 4.40. The van der Waals surface area contributed by atoms with Crippen molar-refractivity contribution in [2.75, 3.05) is 13.7 Å². The maximum Gasteiger partial charge on any atom is 0.337 e. The summed E-state index contributed by atoms with van der Waals surface area (Å²) >= 11 is 5.04. The quantitative estimate of drug-likeness (QED) is 0.627. The number of nitrogens with one attached hydrogen (secondary N) is 2. The lowest BCUT2D eigenvalue weighted by molar-refractivity contribution is 0.0600. The zero-order chi connectivity index (χ0) is 12.7. The van der Waals surface area contributed by atoms with Crippen molar-refractivity contribution in [2.45, 2.75) is 13.5 Å². The highest BCUT2D eigenvalue weighted by atomic mass is 32.1. The van der Waals surface area contributed by atoms with Crippen LogP contribution in [0, 0.1) is 0 Å². The second-order valence-electron chi connectivity index (χ2n) is 3.40. The number of carbonyl (C=O) groups is 1. The molecule has 1 aromatic carbocycles. The number of rotatable bonds is 4. The van der Waals surface area contributed by atoms with Crippen molar-refractivity contribution in [3.05, 3.63) is 35.4 Å². The normalized spacial score (nSPS) is 9.53. The lowest BCUT2D eigenvalue weighted by Gasteiger charge is -2.08. The first kappa shape index (κ1) is 13.4. The van der Waals surface area contributed by atoms with E-state index >= 15 is 0 Å². The van der Waals surface area contributed by atoms with Crippen LogP contribution in [0.4, 0.5) is 0 Å². The summed E-state index contributed by atoms with van der Waals surface area (Å²) < 4.78 is 4.62. The van der Waals surface area contributed by atoms with Crippen molar-refractivity contribution in [2.24, 2.45) is 0 Å². The largest absolute Gasteiger partial charge is 0.465 e. The zero-order valence-electron chi connectivity index (χ0n) is 9.95. The van der Waals surface area contributed by atoms with Gasteiger partial charge in [0.25, 0.3) is 0 Å². The fraction of sp³-hybridized carbons (Fsp3) is 0.333. The minimum Gasteiger partial charge on any atom is -0.465 e. The third-order valence-corrected chi connectivity index (χ3v) is 2.45. The molecular weight excluding hydrogens is 236 g/mol. The lowest BCUT2D eigenvalue weighted by atomic mass is 10.1. The van der Waals surface area contributed by atoms with Gasteiger partial charge in [-0.25, -0.2) is 4.79 Å². The maximum atomic E-state index is 11.2. The number of benzene rings is 1. The summed E-state index contributed by atoms with van der Waals surface area (Å²) in [4.78, 5) is 11.2. The number of carbonyl (C=O) groups excluding carboxylic acids is 1. The molecule has 0 saturated heterocycles. The minimum atomic E-state index is -0.326. The van der Waals surface area contributed by atoms with Gasteiger partial charge >= 0.3 is 5.97 Å². The van der Waals surface area contributed by atoms with E-state index in [9.17, 15) is 4.79 Å². The number of thiocarbonyl (C=S) groups is 1. The van der Waals surface area contributed by atoms with Gasteiger partial charge in [0.15, 0.2) is 5.11 Å². The Morgan fingerprint density at radius 1 is 1.29 bits per heavy atom. The number of esters is 1. The van der Waals surface area contributed by atoms with E-state index in [-0.39, 0.29) is 5.97 Å². The molecule has 0 aliphatic carbocycles. The van der Waals surface area contributed by atoms with Gasteiger partial charge in [-0.2, -0.15) is 0 Å². The fourth-order valence-electron chi connectivity index (χ4n) is 1.28. The van der Waals surface area contributed by atoms with Crippen LogP contribution in [0.3, 0.4) is 0 Å². The molecule has 0 bridgehead atoms. The highest BCUT2D eigenvalue weighted by Gasteiger charge is 2.04.